The van der Waals surface area contributed by atoms with E-state index in [1.54, 1.807) is 12.3 Å². The minimum atomic E-state index is -4.37. The molecule has 3 rings (SSSR count). The van der Waals surface area contributed by atoms with Crippen LogP contribution in [0.25, 0.3) is 0 Å². The van der Waals surface area contributed by atoms with Crippen LogP contribution in [0.15, 0.2) is 65.7 Å². The molecule has 32 heavy (non-hydrogen) atoms. The van der Waals surface area contributed by atoms with Crippen molar-refractivity contribution in [1.82, 2.24) is 0 Å². The molecule has 0 saturated heterocycles. The van der Waals surface area contributed by atoms with Crippen molar-refractivity contribution >= 4 is 37.3 Å². The number of rotatable bonds is 8. The Bertz CT molecular complexity index is 1260. The molecule has 0 spiro atoms. The number of nitrogens with zero attached hydrogens (tertiary/aromatic N) is 1. The fourth-order valence-corrected chi connectivity index (χ4v) is 4.71. The summed E-state index contributed by atoms with van der Waals surface area (Å²) in [6, 6.07) is 13.9. The van der Waals surface area contributed by atoms with Crippen molar-refractivity contribution in [2.75, 3.05) is 17.6 Å². The van der Waals surface area contributed by atoms with Gasteiger partial charge in [0.1, 0.15) is 6.54 Å². The molecule has 1 aliphatic heterocycles. The Morgan fingerprint density at radius 1 is 1.06 bits per heavy atom. The summed E-state index contributed by atoms with van der Waals surface area (Å²) in [5.74, 6) is -0.387. The van der Waals surface area contributed by atoms with Crippen LogP contribution in [0.3, 0.4) is 0 Å². The van der Waals surface area contributed by atoms with Gasteiger partial charge in [0.25, 0.3) is 20.2 Å². The fraction of sp³-hybridized carbons (Fsp3) is 0.286. The smallest absolute Gasteiger partial charge is 1.00 e. The fourth-order valence-electron chi connectivity index (χ4n) is 3.71. The normalized spacial score (nSPS) is 15.5. The van der Waals surface area contributed by atoms with Gasteiger partial charge in [-0.05, 0) is 38.1 Å². The Morgan fingerprint density at radius 3 is 2.31 bits per heavy atom. The van der Waals surface area contributed by atoms with Crippen LogP contribution in [0.1, 0.15) is 27.3 Å². The van der Waals surface area contributed by atoms with E-state index in [1.807, 2.05) is 54.8 Å². The van der Waals surface area contributed by atoms with E-state index in [9.17, 15) is 21.4 Å². The zero-order valence-electron chi connectivity index (χ0n) is 19.2. The molecule has 0 aliphatic carbocycles. The molecule has 1 aliphatic rings. The first-order chi connectivity index (χ1) is 14.4. The average Bonchev–Trinajstić information content (AvgIpc) is 2.88. The third-order valence-electron chi connectivity index (χ3n) is 5.21. The van der Waals surface area contributed by atoms with E-state index < -0.39 is 25.7 Å². The van der Waals surface area contributed by atoms with Gasteiger partial charge in [0.05, 0.1) is 16.1 Å². The van der Waals surface area contributed by atoms with Crippen LogP contribution in [0, 0.1) is 0 Å². The second-order valence-electron chi connectivity index (χ2n) is 7.80. The Balaban J connectivity index is 0.00000272. The zero-order valence-corrected chi connectivity index (χ0v) is 21.8. The molecule has 0 bridgehead atoms. The van der Waals surface area contributed by atoms with E-state index >= 15 is 0 Å². The minimum absolute atomic E-state index is 0. The van der Waals surface area contributed by atoms with Gasteiger partial charge in [-0.1, -0.05) is 18.2 Å². The van der Waals surface area contributed by atoms with Gasteiger partial charge in [0.2, 0.25) is 5.69 Å². The number of para-hydroxylation sites is 1. The number of nitrogens with one attached hydrogen (secondary N) is 1. The summed E-state index contributed by atoms with van der Waals surface area (Å²) < 4.78 is 66.0. The zero-order chi connectivity index (χ0) is 22.9. The molecule has 2 aromatic rings. The van der Waals surface area contributed by atoms with E-state index in [4.69, 9.17) is 4.55 Å². The van der Waals surface area contributed by atoms with Gasteiger partial charge in [-0.25, -0.2) is 0 Å². The summed E-state index contributed by atoms with van der Waals surface area (Å²) in [6.07, 6.45) is 3.79. The minimum Gasteiger partial charge on any atom is -1.00 e. The number of allylic oxidation sites excluding steroid dienone is 1. The first-order valence-electron chi connectivity index (χ1n) is 9.60. The van der Waals surface area contributed by atoms with Crippen molar-refractivity contribution in [3.05, 3.63) is 66.4 Å². The molecule has 0 radical (unpaired) electrons. The molecule has 8 nitrogen and oxygen atoms in total. The van der Waals surface area contributed by atoms with Gasteiger partial charge >= 0.3 is 29.6 Å². The van der Waals surface area contributed by atoms with Crippen molar-refractivity contribution in [3.63, 3.8) is 0 Å². The number of fused-ring (bicyclic) bond motifs is 1. The Morgan fingerprint density at radius 2 is 1.72 bits per heavy atom. The molecule has 168 valence electrons. The summed E-state index contributed by atoms with van der Waals surface area (Å²) in [6.45, 7) is 4.14. The van der Waals surface area contributed by atoms with E-state index in [0.717, 1.165) is 11.4 Å². The second kappa shape index (κ2) is 10.2. The van der Waals surface area contributed by atoms with E-state index in [-0.39, 0.29) is 48.1 Å². The van der Waals surface area contributed by atoms with Gasteiger partial charge < -0.3 is 6.74 Å². The summed E-state index contributed by atoms with van der Waals surface area (Å²) in [5.41, 5.74) is 2.48. The number of benzene rings is 2. The van der Waals surface area contributed by atoms with Crippen LogP contribution < -0.4 is 34.9 Å². The molecular formula is C21H26N2NaO6S2+. The number of hydrogen-bond donors (Lipinski definition) is 3. The topological polar surface area (TPSA) is 124 Å². The molecular weight excluding hydrogens is 463 g/mol. The average molecular weight is 490 g/mol. The van der Waals surface area contributed by atoms with E-state index in [1.165, 1.54) is 12.1 Å². The predicted octanol–water partition coefficient (Wildman–Crippen LogP) is 0.330. The Labute approximate surface area is 212 Å². The summed E-state index contributed by atoms with van der Waals surface area (Å²) in [7, 11) is -8.47. The third kappa shape index (κ3) is 6.28. The molecule has 0 atom stereocenters. The molecule has 1 heterocycles. The van der Waals surface area contributed by atoms with E-state index in [2.05, 4.69) is 5.32 Å². The van der Waals surface area contributed by atoms with Crippen LogP contribution >= 0.6 is 0 Å². The summed E-state index contributed by atoms with van der Waals surface area (Å²) in [4.78, 5) is -0.204. The maximum absolute atomic E-state index is 11.6. The van der Waals surface area contributed by atoms with Gasteiger partial charge in [-0.3, -0.25) is 9.11 Å². The first kappa shape index (κ1) is 26.7. The molecule has 0 amide bonds. The molecule has 2 aromatic carbocycles. The number of hydrogen-bond acceptors (Lipinski definition) is 5. The van der Waals surface area contributed by atoms with Gasteiger partial charge in [-0.15, -0.1) is 0 Å². The summed E-state index contributed by atoms with van der Waals surface area (Å²) in [5, 5.41) is 3.17. The van der Waals surface area contributed by atoms with Crippen molar-refractivity contribution in [2.45, 2.75) is 30.6 Å². The number of anilines is 1. The SMILES string of the molecule is CC1(C)C(/C=C/Nc2ccccc2)=[N+](CCCS(=O)(=O)O)c2ccc(S(=O)(=O)O)cc21.[H-].[Na+]. The van der Waals surface area contributed by atoms with Crippen LogP contribution in [0.2, 0.25) is 0 Å². The van der Waals surface area contributed by atoms with Crippen molar-refractivity contribution < 1.29 is 61.5 Å². The summed E-state index contributed by atoms with van der Waals surface area (Å²) >= 11 is 0. The monoisotopic (exact) mass is 489 g/mol. The molecule has 0 saturated carbocycles. The first-order valence-corrected chi connectivity index (χ1v) is 12.6. The quantitative estimate of drug-likeness (QED) is 0.277. The Hall–Kier alpha value is -1.53. The molecule has 11 heteroatoms. The Kier molecular flexibility index (Phi) is 8.49. The van der Waals surface area contributed by atoms with Crippen molar-refractivity contribution in [3.8, 4) is 0 Å². The maximum atomic E-state index is 11.6. The van der Waals surface area contributed by atoms with Crippen LogP contribution in [-0.2, 0) is 25.7 Å². The molecule has 0 aromatic heterocycles. The standard InChI is InChI=1S/C21H24N2O6S2.Na.H/c1-21(2)18-15-17(31(27,28)29)9-10-19(18)23(13-6-14-30(24,25)26)20(21)11-12-22-16-7-4-3-5-8-16;;/h3-5,7-12,15H,6,13-14H2,1-2H3,(H2,24,25,26,27,28,29);;/q;+1;-1/p+1. The maximum Gasteiger partial charge on any atom is 1.00 e. The largest absolute Gasteiger partial charge is 1.00 e. The van der Waals surface area contributed by atoms with Gasteiger partial charge in [0.15, 0.2) is 5.71 Å². The van der Waals surface area contributed by atoms with Crippen molar-refractivity contribution in [1.29, 1.82) is 0 Å². The van der Waals surface area contributed by atoms with Crippen LogP contribution in [0.5, 0.6) is 0 Å². The van der Waals surface area contributed by atoms with Gasteiger partial charge in [0, 0.05) is 36.0 Å². The molecule has 3 N–H and O–H groups in total. The molecule has 0 fully saturated rings. The predicted molar refractivity (Wildman–Crippen MR) is 120 cm³/mol. The van der Waals surface area contributed by atoms with Gasteiger partial charge in [-0.2, -0.15) is 21.4 Å². The van der Waals surface area contributed by atoms with E-state index in [0.29, 0.717) is 17.8 Å². The molecule has 0 unspecified atom stereocenters. The second-order valence-corrected chi connectivity index (χ2v) is 10.8. The van der Waals surface area contributed by atoms with Crippen molar-refractivity contribution in [2.24, 2.45) is 0 Å². The third-order valence-corrected chi connectivity index (χ3v) is 6.86. The van der Waals surface area contributed by atoms with Crippen LogP contribution in [-0.4, -0.2) is 48.5 Å². The van der Waals surface area contributed by atoms with Crippen LogP contribution in [0.4, 0.5) is 11.4 Å².